The summed E-state index contributed by atoms with van der Waals surface area (Å²) in [6.07, 6.45) is 0. The number of carbonyl (C=O) groups is 2. The van der Waals surface area contributed by atoms with Gasteiger partial charge in [0.15, 0.2) is 0 Å². The Bertz CT molecular complexity index is 1280. The van der Waals surface area contributed by atoms with Crippen molar-refractivity contribution in [2.75, 3.05) is 4.90 Å². The van der Waals surface area contributed by atoms with E-state index in [1.54, 1.807) is 19.1 Å². The highest BCUT2D eigenvalue weighted by Crippen LogP contribution is 2.45. The van der Waals surface area contributed by atoms with Gasteiger partial charge in [-0.3, -0.25) is 14.5 Å². The van der Waals surface area contributed by atoms with Crippen LogP contribution in [-0.2, 0) is 9.59 Å². The Balaban J connectivity index is 1.99. The topological polar surface area (TPSA) is 98.1 Å². The molecule has 0 radical (unpaired) electrons. The molecule has 3 N–H and O–H groups in total. The fourth-order valence-electron chi connectivity index (χ4n) is 3.83. The first-order valence-corrected chi connectivity index (χ1v) is 9.85. The van der Waals surface area contributed by atoms with Crippen LogP contribution in [0.3, 0.4) is 0 Å². The van der Waals surface area contributed by atoms with Crippen LogP contribution in [0.25, 0.3) is 5.76 Å². The lowest BCUT2D eigenvalue weighted by Crippen LogP contribution is -2.29. The second kappa shape index (κ2) is 7.85. The van der Waals surface area contributed by atoms with E-state index in [-0.39, 0.29) is 33.9 Å². The molecule has 1 amide bonds. The van der Waals surface area contributed by atoms with E-state index in [9.17, 15) is 29.3 Å². The van der Waals surface area contributed by atoms with Crippen molar-refractivity contribution >= 4 is 23.1 Å². The van der Waals surface area contributed by atoms with Gasteiger partial charge in [-0.2, -0.15) is 0 Å². The van der Waals surface area contributed by atoms with Crippen LogP contribution in [0, 0.1) is 19.7 Å². The van der Waals surface area contributed by atoms with E-state index in [0.29, 0.717) is 5.56 Å². The maximum Gasteiger partial charge on any atom is 0.300 e. The van der Waals surface area contributed by atoms with Crippen molar-refractivity contribution in [3.63, 3.8) is 0 Å². The summed E-state index contributed by atoms with van der Waals surface area (Å²) >= 11 is 0. The number of ketones is 1. The maximum absolute atomic E-state index is 13.7. The van der Waals surface area contributed by atoms with Gasteiger partial charge >= 0.3 is 0 Å². The summed E-state index contributed by atoms with van der Waals surface area (Å²) in [5, 5.41) is 31.2. The molecule has 32 heavy (non-hydrogen) atoms. The molecule has 0 aliphatic carbocycles. The predicted molar refractivity (Wildman–Crippen MR) is 117 cm³/mol. The molecule has 3 aromatic carbocycles. The Morgan fingerprint density at radius 3 is 2.28 bits per heavy atom. The molecular weight excluding hydrogens is 413 g/mol. The summed E-state index contributed by atoms with van der Waals surface area (Å²) < 4.78 is 13.7. The number of halogens is 1. The maximum atomic E-state index is 13.7. The number of hydrogen-bond acceptors (Lipinski definition) is 5. The number of hydrogen-bond donors (Lipinski definition) is 3. The van der Waals surface area contributed by atoms with E-state index in [2.05, 4.69) is 0 Å². The standard InChI is InChI=1S/C25H20FNO5/c1-13-3-10-20(29)19(11-13)27-22(15-4-7-17(28)8-5-15)21(24(31)25(27)32)23(30)16-6-9-18(26)14(2)12-16/h3-12,22,28-30H,1-2H3/b23-21-. The first kappa shape index (κ1) is 21.1. The number of Topliss-reactive ketones (excluding diaryl/α,β-unsaturated/α-hetero) is 1. The zero-order chi connectivity index (χ0) is 23.2. The number of phenols is 2. The Hall–Kier alpha value is -4.13. The average molecular weight is 433 g/mol. The lowest BCUT2D eigenvalue weighted by molar-refractivity contribution is -0.132. The molecule has 7 heteroatoms. The number of carbonyl (C=O) groups excluding carboxylic acids is 2. The zero-order valence-electron chi connectivity index (χ0n) is 17.3. The van der Waals surface area contributed by atoms with Crippen LogP contribution in [0.4, 0.5) is 10.1 Å². The Morgan fingerprint density at radius 2 is 1.62 bits per heavy atom. The fraction of sp³-hybridized carbons (Fsp3) is 0.120. The molecule has 3 aromatic rings. The van der Waals surface area contributed by atoms with Gasteiger partial charge in [-0.05, 0) is 73.0 Å². The quantitative estimate of drug-likeness (QED) is 0.321. The number of phenolic OH excluding ortho intramolecular Hbond substituents is 2. The smallest absolute Gasteiger partial charge is 0.300 e. The van der Waals surface area contributed by atoms with Gasteiger partial charge in [0.1, 0.15) is 23.1 Å². The normalized spacial score (nSPS) is 17.7. The number of aryl methyl sites for hydroxylation is 2. The summed E-state index contributed by atoms with van der Waals surface area (Å²) in [5.74, 6) is -3.02. The first-order valence-electron chi connectivity index (χ1n) is 9.85. The minimum Gasteiger partial charge on any atom is -0.508 e. The largest absolute Gasteiger partial charge is 0.508 e. The molecule has 1 aliphatic rings. The molecule has 1 heterocycles. The third-order valence-electron chi connectivity index (χ3n) is 5.48. The number of nitrogens with zero attached hydrogens (tertiary/aromatic N) is 1. The molecule has 1 saturated heterocycles. The van der Waals surface area contributed by atoms with Crippen molar-refractivity contribution in [3.05, 3.63) is 94.3 Å². The van der Waals surface area contributed by atoms with Gasteiger partial charge in [-0.15, -0.1) is 0 Å². The van der Waals surface area contributed by atoms with Gasteiger partial charge in [0.2, 0.25) is 0 Å². The highest BCUT2D eigenvalue weighted by Gasteiger charge is 2.47. The van der Waals surface area contributed by atoms with Crippen molar-refractivity contribution in [1.29, 1.82) is 0 Å². The van der Waals surface area contributed by atoms with Gasteiger partial charge in [0, 0.05) is 5.56 Å². The molecule has 0 bridgehead atoms. The monoisotopic (exact) mass is 433 g/mol. The van der Waals surface area contributed by atoms with Gasteiger partial charge in [-0.25, -0.2) is 4.39 Å². The Kier molecular flexibility index (Phi) is 5.18. The van der Waals surface area contributed by atoms with Gasteiger partial charge in [0.05, 0.1) is 17.3 Å². The molecule has 6 nitrogen and oxygen atoms in total. The molecule has 0 saturated carbocycles. The van der Waals surface area contributed by atoms with Crippen LogP contribution < -0.4 is 4.90 Å². The Morgan fingerprint density at radius 1 is 0.938 bits per heavy atom. The minimum absolute atomic E-state index is 0.0155. The number of aliphatic hydroxyl groups excluding tert-OH is 1. The van der Waals surface area contributed by atoms with E-state index in [1.165, 1.54) is 55.5 Å². The summed E-state index contributed by atoms with van der Waals surface area (Å²) in [6.45, 7) is 3.29. The van der Waals surface area contributed by atoms with E-state index in [0.717, 1.165) is 10.5 Å². The van der Waals surface area contributed by atoms with E-state index in [4.69, 9.17) is 0 Å². The Labute approximate surface area is 183 Å². The molecule has 162 valence electrons. The first-order chi connectivity index (χ1) is 15.2. The molecule has 1 unspecified atom stereocenters. The number of benzene rings is 3. The van der Waals surface area contributed by atoms with Crippen molar-refractivity contribution in [3.8, 4) is 11.5 Å². The van der Waals surface area contributed by atoms with Gasteiger partial charge in [0.25, 0.3) is 11.7 Å². The van der Waals surface area contributed by atoms with Crippen LogP contribution in [0.15, 0.2) is 66.2 Å². The molecule has 4 rings (SSSR count). The predicted octanol–water partition coefficient (Wildman–Crippen LogP) is 4.48. The molecule has 1 aliphatic heterocycles. The molecule has 0 aromatic heterocycles. The van der Waals surface area contributed by atoms with E-state index >= 15 is 0 Å². The van der Waals surface area contributed by atoms with Crippen LogP contribution in [0.1, 0.15) is 28.3 Å². The van der Waals surface area contributed by atoms with Crippen LogP contribution in [0.5, 0.6) is 11.5 Å². The average Bonchev–Trinajstić information content (AvgIpc) is 3.02. The van der Waals surface area contributed by atoms with Crippen molar-refractivity contribution in [1.82, 2.24) is 0 Å². The second-order valence-electron chi connectivity index (χ2n) is 7.72. The third-order valence-corrected chi connectivity index (χ3v) is 5.48. The van der Waals surface area contributed by atoms with E-state index in [1.807, 2.05) is 0 Å². The van der Waals surface area contributed by atoms with Crippen LogP contribution in [0.2, 0.25) is 0 Å². The summed E-state index contributed by atoms with van der Waals surface area (Å²) in [7, 11) is 0. The van der Waals surface area contributed by atoms with Crippen LogP contribution >= 0.6 is 0 Å². The molecular formula is C25H20FNO5. The second-order valence-corrected chi connectivity index (χ2v) is 7.72. The summed E-state index contributed by atoms with van der Waals surface area (Å²) in [5.41, 5.74) is 1.54. The lowest BCUT2D eigenvalue weighted by Gasteiger charge is -2.26. The lowest BCUT2D eigenvalue weighted by atomic mass is 9.94. The number of anilines is 1. The fourth-order valence-corrected chi connectivity index (χ4v) is 3.83. The summed E-state index contributed by atoms with van der Waals surface area (Å²) in [4.78, 5) is 27.3. The molecule has 1 atom stereocenters. The summed E-state index contributed by atoms with van der Waals surface area (Å²) in [6, 6.07) is 13.3. The SMILES string of the molecule is Cc1ccc(O)c(N2C(=O)C(=O)/C(=C(\O)c3ccc(F)c(C)c3)C2c2ccc(O)cc2)c1. The van der Waals surface area contributed by atoms with Crippen LogP contribution in [-0.4, -0.2) is 27.0 Å². The van der Waals surface area contributed by atoms with Crippen molar-refractivity contribution < 1.29 is 29.3 Å². The number of rotatable bonds is 3. The minimum atomic E-state index is -1.08. The van der Waals surface area contributed by atoms with Gasteiger partial charge < -0.3 is 15.3 Å². The third kappa shape index (κ3) is 3.47. The van der Waals surface area contributed by atoms with Gasteiger partial charge in [-0.1, -0.05) is 18.2 Å². The number of amides is 1. The zero-order valence-corrected chi connectivity index (χ0v) is 17.3. The number of aromatic hydroxyl groups is 2. The van der Waals surface area contributed by atoms with E-state index < -0.39 is 29.3 Å². The van der Waals surface area contributed by atoms with Crippen molar-refractivity contribution in [2.24, 2.45) is 0 Å². The molecule has 0 spiro atoms. The highest BCUT2D eigenvalue weighted by atomic mass is 19.1. The number of aliphatic hydroxyl groups is 1. The highest BCUT2D eigenvalue weighted by molar-refractivity contribution is 6.51. The molecule has 1 fully saturated rings. The van der Waals surface area contributed by atoms with Crippen molar-refractivity contribution in [2.45, 2.75) is 19.9 Å².